The first kappa shape index (κ1) is 25.2. The largest absolute Gasteiger partial charge is 0.497 e. The van der Waals surface area contributed by atoms with Crippen molar-refractivity contribution in [2.24, 2.45) is 0 Å². The number of thiophene rings is 1. The van der Waals surface area contributed by atoms with E-state index in [0.717, 1.165) is 33.4 Å². The van der Waals surface area contributed by atoms with Crippen molar-refractivity contribution < 1.29 is 19.1 Å². The fourth-order valence-electron chi connectivity index (χ4n) is 4.50. The minimum absolute atomic E-state index is 0.321. The van der Waals surface area contributed by atoms with E-state index < -0.39 is 5.97 Å². The predicted octanol–water partition coefficient (Wildman–Crippen LogP) is 7.29. The molecule has 0 saturated carbocycles. The van der Waals surface area contributed by atoms with Gasteiger partial charge in [-0.1, -0.05) is 48.0 Å². The maximum Gasteiger partial charge on any atom is 0.341 e. The second-order valence-electron chi connectivity index (χ2n) is 8.87. The van der Waals surface area contributed by atoms with Crippen molar-refractivity contribution in [3.63, 3.8) is 0 Å². The Balaban J connectivity index is 1.61. The first-order chi connectivity index (χ1) is 18.4. The normalized spacial score (nSPS) is 10.8. The van der Waals surface area contributed by atoms with Gasteiger partial charge < -0.3 is 14.8 Å². The summed E-state index contributed by atoms with van der Waals surface area (Å²) < 4.78 is 10.4. The summed E-state index contributed by atoms with van der Waals surface area (Å²) in [5.74, 6) is -0.0896. The molecule has 5 aromatic rings. The summed E-state index contributed by atoms with van der Waals surface area (Å²) in [7, 11) is 2.96. The second kappa shape index (κ2) is 10.5. The second-order valence-corrected chi connectivity index (χ2v) is 9.75. The first-order valence-corrected chi connectivity index (χ1v) is 12.9. The average molecular weight is 523 g/mol. The summed E-state index contributed by atoms with van der Waals surface area (Å²) in [5.41, 5.74) is 6.56. The molecule has 3 aromatic carbocycles. The number of nitrogens with one attached hydrogen (secondary N) is 1. The molecule has 0 aliphatic rings. The molecule has 0 unspecified atom stereocenters. The molecule has 0 fully saturated rings. The van der Waals surface area contributed by atoms with Crippen LogP contribution in [0.1, 0.15) is 31.8 Å². The van der Waals surface area contributed by atoms with Gasteiger partial charge in [0.25, 0.3) is 5.91 Å². The number of benzene rings is 3. The van der Waals surface area contributed by atoms with Crippen LogP contribution in [0.2, 0.25) is 0 Å². The molecule has 190 valence electrons. The fourth-order valence-corrected chi connectivity index (χ4v) is 5.45. The van der Waals surface area contributed by atoms with E-state index in [4.69, 9.17) is 14.5 Å². The van der Waals surface area contributed by atoms with Crippen molar-refractivity contribution in [2.45, 2.75) is 13.8 Å². The topological polar surface area (TPSA) is 77.5 Å². The Labute approximate surface area is 224 Å². The van der Waals surface area contributed by atoms with E-state index in [2.05, 4.69) is 5.32 Å². The molecule has 0 aliphatic heterocycles. The standard InChI is InChI=1S/C31H26N2O4S/c1-18-9-11-20(12-10-18)24-17-38-30(27(24)31(35)37-4)33-29(34)26-19(2)28(21-13-15-22(36-3)16-14-21)32-25-8-6-5-7-23(25)26/h5-17H,1-4H3,(H,33,34). The number of para-hydroxylation sites is 1. The van der Waals surface area contributed by atoms with E-state index in [9.17, 15) is 9.59 Å². The van der Waals surface area contributed by atoms with Crippen LogP contribution in [0.4, 0.5) is 5.00 Å². The zero-order valence-corrected chi connectivity index (χ0v) is 22.3. The van der Waals surface area contributed by atoms with Gasteiger partial charge in [-0.25, -0.2) is 9.78 Å². The number of amides is 1. The SMILES string of the molecule is COC(=O)c1c(-c2ccc(C)cc2)csc1NC(=O)c1c(C)c(-c2ccc(OC)cc2)nc2ccccc12. The van der Waals surface area contributed by atoms with Crippen LogP contribution in [0.25, 0.3) is 33.3 Å². The van der Waals surface area contributed by atoms with Crippen LogP contribution < -0.4 is 10.1 Å². The van der Waals surface area contributed by atoms with E-state index in [1.165, 1.54) is 18.4 Å². The number of carbonyl (C=O) groups is 2. The smallest absolute Gasteiger partial charge is 0.341 e. The van der Waals surface area contributed by atoms with Crippen molar-refractivity contribution in [1.29, 1.82) is 0 Å². The summed E-state index contributed by atoms with van der Waals surface area (Å²) in [6.07, 6.45) is 0. The average Bonchev–Trinajstić information content (AvgIpc) is 3.36. The molecular formula is C31H26N2O4S. The Morgan fingerprint density at radius 2 is 1.53 bits per heavy atom. The van der Waals surface area contributed by atoms with Gasteiger partial charge in [-0.3, -0.25) is 4.79 Å². The summed E-state index contributed by atoms with van der Waals surface area (Å²) in [6, 6.07) is 23.0. The van der Waals surface area contributed by atoms with Gasteiger partial charge in [0, 0.05) is 21.9 Å². The number of esters is 1. The number of pyridine rings is 1. The van der Waals surface area contributed by atoms with Crippen LogP contribution in [-0.4, -0.2) is 31.1 Å². The molecule has 0 atom stereocenters. The number of hydrogen-bond donors (Lipinski definition) is 1. The maximum absolute atomic E-state index is 13.9. The maximum atomic E-state index is 13.9. The molecule has 0 bridgehead atoms. The molecule has 5 rings (SSSR count). The molecule has 6 nitrogen and oxygen atoms in total. The van der Waals surface area contributed by atoms with Crippen LogP contribution in [0, 0.1) is 13.8 Å². The number of aryl methyl sites for hydroxylation is 1. The molecule has 38 heavy (non-hydrogen) atoms. The molecule has 7 heteroatoms. The van der Waals surface area contributed by atoms with Gasteiger partial charge in [0.15, 0.2) is 0 Å². The van der Waals surface area contributed by atoms with Crippen molar-refractivity contribution >= 4 is 39.1 Å². The Bertz CT molecular complexity index is 1650. The van der Waals surface area contributed by atoms with Crippen LogP contribution >= 0.6 is 11.3 Å². The molecule has 0 aliphatic carbocycles. The third kappa shape index (κ3) is 4.64. The number of fused-ring (bicyclic) bond motifs is 1. The van der Waals surface area contributed by atoms with Crippen molar-refractivity contribution in [2.75, 3.05) is 19.5 Å². The lowest BCUT2D eigenvalue weighted by molar-refractivity contribution is 0.0603. The van der Waals surface area contributed by atoms with Gasteiger partial charge in [-0.05, 0) is 55.3 Å². The number of ether oxygens (including phenoxy) is 2. The van der Waals surface area contributed by atoms with Crippen LogP contribution in [0.5, 0.6) is 5.75 Å². The van der Waals surface area contributed by atoms with Gasteiger partial charge in [0.1, 0.15) is 16.3 Å². The predicted molar refractivity (Wildman–Crippen MR) is 152 cm³/mol. The van der Waals surface area contributed by atoms with Gasteiger partial charge in [0.05, 0.1) is 31.0 Å². The zero-order chi connectivity index (χ0) is 26.8. The van der Waals surface area contributed by atoms with E-state index in [1.807, 2.05) is 92.0 Å². The van der Waals surface area contributed by atoms with Crippen molar-refractivity contribution in [1.82, 2.24) is 4.98 Å². The van der Waals surface area contributed by atoms with Gasteiger partial charge in [0.2, 0.25) is 0 Å². The summed E-state index contributed by atoms with van der Waals surface area (Å²) >= 11 is 1.30. The highest BCUT2D eigenvalue weighted by atomic mass is 32.1. The third-order valence-electron chi connectivity index (χ3n) is 6.50. The molecule has 2 heterocycles. The highest BCUT2D eigenvalue weighted by Crippen LogP contribution is 2.38. The van der Waals surface area contributed by atoms with Crippen LogP contribution in [-0.2, 0) is 4.74 Å². The lowest BCUT2D eigenvalue weighted by Gasteiger charge is -2.15. The zero-order valence-electron chi connectivity index (χ0n) is 21.5. The van der Waals surface area contributed by atoms with E-state index in [-0.39, 0.29) is 5.91 Å². The number of hydrogen-bond acceptors (Lipinski definition) is 6. The molecule has 0 radical (unpaired) electrons. The third-order valence-corrected chi connectivity index (χ3v) is 7.39. The molecule has 0 spiro atoms. The van der Waals surface area contributed by atoms with E-state index in [0.29, 0.717) is 32.9 Å². The quantitative estimate of drug-likeness (QED) is 0.237. The van der Waals surface area contributed by atoms with Crippen molar-refractivity contribution in [3.05, 3.63) is 100 Å². The van der Waals surface area contributed by atoms with Gasteiger partial charge in [-0.2, -0.15) is 0 Å². The minimum Gasteiger partial charge on any atom is -0.497 e. The number of carbonyl (C=O) groups excluding carboxylic acids is 2. The summed E-state index contributed by atoms with van der Waals surface area (Å²) in [6.45, 7) is 3.90. The van der Waals surface area contributed by atoms with E-state index >= 15 is 0 Å². The fraction of sp³-hybridized carbons (Fsp3) is 0.129. The highest BCUT2D eigenvalue weighted by Gasteiger charge is 2.25. The Kier molecular flexibility index (Phi) is 6.94. The monoisotopic (exact) mass is 522 g/mol. The number of nitrogens with zero attached hydrogens (tertiary/aromatic N) is 1. The van der Waals surface area contributed by atoms with Gasteiger partial charge in [-0.15, -0.1) is 11.3 Å². The lowest BCUT2D eigenvalue weighted by atomic mass is 9.97. The number of aromatic nitrogens is 1. The molecular weight excluding hydrogens is 496 g/mol. The Morgan fingerprint density at radius 1 is 0.842 bits per heavy atom. The summed E-state index contributed by atoms with van der Waals surface area (Å²) in [5, 5.41) is 6.04. The highest BCUT2D eigenvalue weighted by molar-refractivity contribution is 7.15. The number of rotatable bonds is 6. The van der Waals surface area contributed by atoms with Crippen LogP contribution in [0.3, 0.4) is 0 Å². The first-order valence-electron chi connectivity index (χ1n) is 12.0. The van der Waals surface area contributed by atoms with Gasteiger partial charge >= 0.3 is 5.97 Å². The van der Waals surface area contributed by atoms with Crippen LogP contribution in [0.15, 0.2) is 78.2 Å². The minimum atomic E-state index is -0.507. The summed E-state index contributed by atoms with van der Waals surface area (Å²) in [4.78, 5) is 31.6. The number of methoxy groups -OCH3 is 2. The van der Waals surface area contributed by atoms with Crippen molar-refractivity contribution in [3.8, 4) is 28.1 Å². The molecule has 1 N–H and O–H groups in total. The molecule has 2 aromatic heterocycles. The number of anilines is 1. The Hall–Kier alpha value is -4.49. The molecule has 1 amide bonds. The Morgan fingerprint density at radius 3 is 2.21 bits per heavy atom. The lowest BCUT2D eigenvalue weighted by Crippen LogP contribution is -2.17. The molecule has 0 saturated heterocycles. The van der Waals surface area contributed by atoms with E-state index in [1.54, 1.807) is 7.11 Å².